The normalized spacial score (nSPS) is 10.5. The Morgan fingerprint density at radius 2 is 2.27 bits per heavy atom. The lowest BCUT2D eigenvalue weighted by Gasteiger charge is -2.07. The van der Waals surface area contributed by atoms with Crippen LogP contribution in [0.3, 0.4) is 0 Å². The van der Waals surface area contributed by atoms with Gasteiger partial charge in [0.15, 0.2) is 5.82 Å². The van der Waals surface area contributed by atoms with Gasteiger partial charge in [0.25, 0.3) is 0 Å². The van der Waals surface area contributed by atoms with Gasteiger partial charge in [-0.1, -0.05) is 6.58 Å². The summed E-state index contributed by atoms with van der Waals surface area (Å²) in [6, 6.07) is 0.351. The highest BCUT2D eigenvalue weighted by molar-refractivity contribution is 5.54. The predicted octanol–water partition coefficient (Wildman–Crippen LogP) is 1.89. The van der Waals surface area contributed by atoms with Crippen molar-refractivity contribution in [3.63, 3.8) is 0 Å². The Labute approximate surface area is 66.8 Å². The summed E-state index contributed by atoms with van der Waals surface area (Å²) in [5, 5.41) is 4.08. The van der Waals surface area contributed by atoms with Crippen molar-refractivity contribution in [2.45, 2.75) is 26.8 Å². The van der Waals surface area contributed by atoms with Crippen molar-refractivity contribution in [1.82, 2.24) is 14.8 Å². The van der Waals surface area contributed by atoms with Gasteiger partial charge < -0.3 is 0 Å². The molecule has 0 N–H and O–H groups in total. The van der Waals surface area contributed by atoms with Crippen LogP contribution in [0.1, 0.15) is 32.6 Å². The molecule has 3 heteroatoms. The van der Waals surface area contributed by atoms with Gasteiger partial charge in [-0.05, 0) is 26.3 Å². The van der Waals surface area contributed by atoms with E-state index < -0.39 is 0 Å². The minimum absolute atomic E-state index is 0.351. The molecular weight excluding hydrogens is 138 g/mol. The van der Waals surface area contributed by atoms with Crippen molar-refractivity contribution < 1.29 is 0 Å². The SMILES string of the molecule is C=C(C)c1ncnn1C(C)C. The Kier molecular flexibility index (Phi) is 2.08. The number of allylic oxidation sites excluding steroid dienone is 1. The number of rotatable bonds is 2. The summed E-state index contributed by atoms with van der Waals surface area (Å²) >= 11 is 0. The van der Waals surface area contributed by atoms with Crippen molar-refractivity contribution in [3.8, 4) is 0 Å². The zero-order valence-corrected chi connectivity index (χ0v) is 7.20. The third kappa shape index (κ3) is 1.48. The molecule has 11 heavy (non-hydrogen) atoms. The second kappa shape index (κ2) is 2.86. The van der Waals surface area contributed by atoms with Gasteiger partial charge in [-0.3, -0.25) is 0 Å². The highest BCUT2D eigenvalue weighted by Crippen LogP contribution is 2.11. The van der Waals surface area contributed by atoms with Gasteiger partial charge in [-0.25, -0.2) is 9.67 Å². The first kappa shape index (κ1) is 7.98. The van der Waals surface area contributed by atoms with Crippen LogP contribution in [0.25, 0.3) is 5.57 Å². The van der Waals surface area contributed by atoms with Crippen LogP contribution < -0.4 is 0 Å². The van der Waals surface area contributed by atoms with E-state index in [0.717, 1.165) is 11.4 Å². The van der Waals surface area contributed by atoms with E-state index in [4.69, 9.17) is 0 Å². The number of hydrogen-bond donors (Lipinski definition) is 0. The minimum Gasteiger partial charge on any atom is -0.244 e. The average Bonchev–Trinajstić information content (AvgIpc) is 2.32. The first-order valence-corrected chi connectivity index (χ1v) is 3.68. The molecule has 0 saturated carbocycles. The van der Waals surface area contributed by atoms with Crippen molar-refractivity contribution in [1.29, 1.82) is 0 Å². The highest BCUT2D eigenvalue weighted by Gasteiger charge is 2.06. The van der Waals surface area contributed by atoms with Crippen molar-refractivity contribution in [2.24, 2.45) is 0 Å². The van der Waals surface area contributed by atoms with E-state index in [1.807, 2.05) is 11.6 Å². The molecule has 1 heterocycles. The number of hydrogen-bond acceptors (Lipinski definition) is 2. The van der Waals surface area contributed by atoms with Gasteiger partial charge in [0.1, 0.15) is 6.33 Å². The van der Waals surface area contributed by atoms with Crippen molar-refractivity contribution in [2.75, 3.05) is 0 Å². The molecule has 0 aliphatic heterocycles. The summed E-state index contributed by atoms with van der Waals surface area (Å²) in [6.07, 6.45) is 1.56. The molecule has 0 radical (unpaired) electrons. The van der Waals surface area contributed by atoms with Crippen LogP contribution in [0.2, 0.25) is 0 Å². The third-order valence-corrected chi connectivity index (χ3v) is 1.44. The molecule has 0 aliphatic carbocycles. The highest BCUT2D eigenvalue weighted by atomic mass is 15.3. The smallest absolute Gasteiger partial charge is 0.153 e. The molecule has 0 unspecified atom stereocenters. The quantitative estimate of drug-likeness (QED) is 0.646. The molecule has 0 aromatic carbocycles. The summed E-state index contributed by atoms with van der Waals surface area (Å²) in [7, 11) is 0. The number of aromatic nitrogens is 3. The molecule has 1 aromatic rings. The Bertz CT molecular complexity index is 260. The first-order chi connectivity index (χ1) is 5.13. The molecule has 1 aromatic heterocycles. The second-order valence-corrected chi connectivity index (χ2v) is 2.90. The fourth-order valence-electron chi connectivity index (χ4n) is 0.934. The minimum atomic E-state index is 0.351. The van der Waals surface area contributed by atoms with Crippen LogP contribution in [0.5, 0.6) is 0 Å². The predicted molar refractivity (Wildman–Crippen MR) is 45.1 cm³/mol. The van der Waals surface area contributed by atoms with E-state index in [1.54, 1.807) is 6.33 Å². The van der Waals surface area contributed by atoms with Crippen molar-refractivity contribution >= 4 is 5.57 Å². The summed E-state index contributed by atoms with van der Waals surface area (Å²) < 4.78 is 1.86. The van der Waals surface area contributed by atoms with E-state index in [9.17, 15) is 0 Å². The zero-order valence-electron chi connectivity index (χ0n) is 7.20. The van der Waals surface area contributed by atoms with E-state index in [0.29, 0.717) is 6.04 Å². The Morgan fingerprint density at radius 1 is 1.64 bits per heavy atom. The zero-order chi connectivity index (χ0) is 8.43. The van der Waals surface area contributed by atoms with Crippen molar-refractivity contribution in [3.05, 3.63) is 18.7 Å². The number of nitrogens with zero attached hydrogens (tertiary/aromatic N) is 3. The Balaban J connectivity index is 3.06. The van der Waals surface area contributed by atoms with Crippen LogP contribution in [-0.2, 0) is 0 Å². The molecule has 0 bridgehead atoms. The second-order valence-electron chi connectivity index (χ2n) is 2.90. The lowest BCUT2D eigenvalue weighted by atomic mass is 10.3. The van der Waals surface area contributed by atoms with E-state index in [2.05, 4.69) is 30.5 Å². The fraction of sp³-hybridized carbons (Fsp3) is 0.500. The van der Waals surface area contributed by atoms with Gasteiger partial charge in [-0.2, -0.15) is 5.10 Å². The van der Waals surface area contributed by atoms with Crippen LogP contribution in [0.4, 0.5) is 0 Å². The molecule has 0 fully saturated rings. The topological polar surface area (TPSA) is 30.7 Å². The Morgan fingerprint density at radius 3 is 2.64 bits per heavy atom. The maximum atomic E-state index is 4.09. The summed E-state index contributed by atoms with van der Waals surface area (Å²) in [5.41, 5.74) is 0.955. The van der Waals surface area contributed by atoms with Crippen LogP contribution in [-0.4, -0.2) is 14.8 Å². The molecule has 0 aliphatic rings. The van der Waals surface area contributed by atoms with Crippen LogP contribution in [0, 0.1) is 0 Å². The lowest BCUT2D eigenvalue weighted by molar-refractivity contribution is 0.525. The molecule has 60 valence electrons. The first-order valence-electron chi connectivity index (χ1n) is 3.68. The maximum absolute atomic E-state index is 4.09. The maximum Gasteiger partial charge on any atom is 0.153 e. The third-order valence-electron chi connectivity index (χ3n) is 1.44. The van der Waals surface area contributed by atoms with Gasteiger partial charge >= 0.3 is 0 Å². The molecular formula is C8H13N3. The van der Waals surface area contributed by atoms with Crippen LogP contribution >= 0.6 is 0 Å². The van der Waals surface area contributed by atoms with Gasteiger partial charge in [0, 0.05) is 6.04 Å². The average molecular weight is 151 g/mol. The van der Waals surface area contributed by atoms with Crippen LogP contribution in [0.15, 0.2) is 12.9 Å². The molecule has 0 amide bonds. The summed E-state index contributed by atoms with van der Waals surface area (Å²) in [5.74, 6) is 0.875. The monoisotopic (exact) mass is 151 g/mol. The summed E-state index contributed by atoms with van der Waals surface area (Å²) in [6.45, 7) is 9.89. The summed E-state index contributed by atoms with van der Waals surface area (Å²) in [4.78, 5) is 4.09. The Hall–Kier alpha value is -1.12. The van der Waals surface area contributed by atoms with E-state index in [-0.39, 0.29) is 0 Å². The molecule has 0 saturated heterocycles. The van der Waals surface area contributed by atoms with E-state index in [1.165, 1.54) is 0 Å². The van der Waals surface area contributed by atoms with Gasteiger partial charge in [0.2, 0.25) is 0 Å². The van der Waals surface area contributed by atoms with Gasteiger partial charge in [-0.15, -0.1) is 0 Å². The largest absolute Gasteiger partial charge is 0.244 e. The molecule has 0 atom stereocenters. The van der Waals surface area contributed by atoms with Gasteiger partial charge in [0.05, 0.1) is 0 Å². The standard InChI is InChI=1S/C8H13N3/c1-6(2)8-9-5-10-11(8)7(3)4/h5,7H,1H2,2-4H3. The molecule has 0 spiro atoms. The molecule has 1 rings (SSSR count). The van der Waals surface area contributed by atoms with E-state index >= 15 is 0 Å². The molecule has 3 nitrogen and oxygen atoms in total. The lowest BCUT2D eigenvalue weighted by Crippen LogP contribution is -2.06. The fourth-order valence-corrected chi connectivity index (χ4v) is 0.934.